The van der Waals surface area contributed by atoms with Gasteiger partial charge in [-0.05, 0) is 32.1 Å². The summed E-state index contributed by atoms with van der Waals surface area (Å²) in [4.78, 5) is 11.3. The maximum atomic E-state index is 11.3. The average molecular weight is 275 g/mol. The normalized spacial score (nSPS) is 10.3. The molecule has 0 atom stereocenters. The van der Waals surface area contributed by atoms with Gasteiger partial charge in [0.2, 0.25) is 0 Å². The average Bonchev–Trinajstić information content (AvgIpc) is 2.38. The van der Waals surface area contributed by atoms with E-state index in [1.807, 2.05) is 6.08 Å². The second-order valence-corrected chi connectivity index (χ2v) is 4.94. The van der Waals surface area contributed by atoms with Crippen molar-refractivity contribution in [1.29, 1.82) is 0 Å². The highest BCUT2D eigenvalue weighted by Crippen LogP contribution is 2.09. The van der Waals surface area contributed by atoms with Crippen LogP contribution in [0, 0.1) is 0 Å². The molecule has 0 aliphatic heterocycles. The minimum Gasteiger partial charge on any atom is -0.466 e. The van der Waals surface area contributed by atoms with Crippen LogP contribution in [0.25, 0.3) is 0 Å². The van der Waals surface area contributed by atoms with Gasteiger partial charge in [-0.3, -0.25) is 4.79 Å². The van der Waals surface area contributed by atoms with Crippen molar-refractivity contribution < 1.29 is 9.53 Å². The minimum atomic E-state index is -0.0590. The van der Waals surface area contributed by atoms with E-state index in [0.717, 1.165) is 32.1 Å². The topological polar surface area (TPSA) is 26.3 Å². The quantitative estimate of drug-likeness (QED) is 0.208. The van der Waals surface area contributed by atoms with Crippen LogP contribution in [0.3, 0.4) is 0 Å². The molecule has 106 valence electrons. The molecule has 0 saturated heterocycles. The Balaban J connectivity index is 3.12. The first-order valence-electron chi connectivity index (χ1n) is 7.13. The van der Waals surface area contributed by atoms with E-state index in [2.05, 4.69) is 6.58 Å². The molecule has 18 heavy (non-hydrogen) atoms. The van der Waals surface area contributed by atoms with Gasteiger partial charge in [-0.15, -0.1) is 18.2 Å². The van der Waals surface area contributed by atoms with Gasteiger partial charge in [0.05, 0.1) is 6.61 Å². The fraction of sp³-hybridized carbons (Fsp3) is 0.800. The lowest BCUT2D eigenvalue weighted by Gasteiger charge is -2.04. The molecule has 0 aliphatic rings. The van der Waals surface area contributed by atoms with Gasteiger partial charge in [0, 0.05) is 12.3 Å². The Morgan fingerprint density at radius 2 is 1.67 bits per heavy atom. The molecule has 2 nitrogen and oxygen atoms in total. The highest BCUT2D eigenvalue weighted by molar-refractivity contribution is 6.17. The molecule has 0 aliphatic carbocycles. The second kappa shape index (κ2) is 14.6. The van der Waals surface area contributed by atoms with Gasteiger partial charge in [0.25, 0.3) is 0 Å². The summed E-state index contributed by atoms with van der Waals surface area (Å²) in [5.74, 6) is 0.583. The van der Waals surface area contributed by atoms with Crippen molar-refractivity contribution in [1.82, 2.24) is 0 Å². The van der Waals surface area contributed by atoms with Gasteiger partial charge >= 0.3 is 5.97 Å². The lowest BCUT2D eigenvalue weighted by atomic mass is 10.1. The van der Waals surface area contributed by atoms with Gasteiger partial charge in [0.1, 0.15) is 0 Å². The second-order valence-electron chi connectivity index (χ2n) is 4.57. The molecule has 0 spiro atoms. The number of rotatable bonds is 13. The first-order valence-corrected chi connectivity index (χ1v) is 7.67. The van der Waals surface area contributed by atoms with Crippen molar-refractivity contribution in [2.75, 3.05) is 12.5 Å². The molecule has 0 radical (unpaired) electrons. The lowest BCUT2D eigenvalue weighted by molar-refractivity contribution is -0.143. The van der Waals surface area contributed by atoms with E-state index < -0.39 is 0 Å². The summed E-state index contributed by atoms with van der Waals surface area (Å²) in [6.07, 6.45) is 12.5. The number of allylic oxidation sites excluding steroid dienone is 1. The van der Waals surface area contributed by atoms with Crippen molar-refractivity contribution in [3.05, 3.63) is 12.7 Å². The Morgan fingerprint density at radius 1 is 1.00 bits per heavy atom. The van der Waals surface area contributed by atoms with E-state index in [1.165, 1.54) is 25.7 Å². The number of hydrogen-bond donors (Lipinski definition) is 0. The Morgan fingerprint density at radius 3 is 2.33 bits per heavy atom. The van der Waals surface area contributed by atoms with E-state index in [4.69, 9.17) is 16.3 Å². The monoisotopic (exact) mass is 274 g/mol. The largest absolute Gasteiger partial charge is 0.466 e. The van der Waals surface area contributed by atoms with Crippen LogP contribution in [0.1, 0.15) is 64.2 Å². The van der Waals surface area contributed by atoms with E-state index in [0.29, 0.717) is 18.9 Å². The first-order chi connectivity index (χ1) is 8.81. The third-order valence-corrected chi connectivity index (χ3v) is 3.10. The highest BCUT2D eigenvalue weighted by Gasteiger charge is 2.01. The van der Waals surface area contributed by atoms with Crippen LogP contribution in [-0.2, 0) is 9.53 Å². The number of carbonyl (C=O) groups excluding carboxylic acids is 1. The Bertz CT molecular complexity index is 205. The summed E-state index contributed by atoms with van der Waals surface area (Å²) in [6, 6.07) is 0. The van der Waals surface area contributed by atoms with Gasteiger partial charge in [-0.25, -0.2) is 0 Å². The summed E-state index contributed by atoms with van der Waals surface area (Å²) in [5.41, 5.74) is 0. The maximum absolute atomic E-state index is 11.3. The van der Waals surface area contributed by atoms with Crippen LogP contribution < -0.4 is 0 Å². The van der Waals surface area contributed by atoms with Crippen molar-refractivity contribution in [2.45, 2.75) is 64.2 Å². The van der Waals surface area contributed by atoms with E-state index in [1.54, 1.807) is 0 Å². The molecule has 0 aromatic heterocycles. The molecule has 0 heterocycles. The molecule has 0 fully saturated rings. The molecule has 0 aromatic rings. The summed E-state index contributed by atoms with van der Waals surface area (Å²) >= 11 is 5.53. The molecule has 0 N–H and O–H groups in total. The molecular formula is C15H27ClO2. The maximum Gasteiger partial charge on any atom is 0.305 e. The van der Waals surface area contributed by atoms with Crippen LogP contribution >= 0.6 is 11.6 Å². The van der Waals surface area contributed by atoms with Crippen LogP contribution in [0.2, 0.25) is 0 Å². The van der Waals surface area contributed by atoms with Crippen molar-refractivity contribution in [3.63, 3.8) is 0 Å². The first kappa shape index (κ1) is 17.5. The standard InChI is InChI=1S/C15H27ClO2/c1-2-3-4-5-6-7-8-9-12-15(17)18-14-11-10-13-16/h2H,1,3-14H2. The molecule has 0 saturated carbocycles. The number of unbranched alkanes of at least 4 members (excludes halogenated alkanes) is 7. The van der Waals surface area contributed by atoms with Crippen LogP contribution in [0.15, 0.2) is 12.7 Å². The fourth-order valence-corrected chi connectivity index (χ4v) is 1.91. The molecule has 3 heteroatoms. The van der Waals surface area contributed by atoms with Crippen molar-refractivity contribution in [3.8, 4) is 0 Å². The SMILES string of the molecule is C=CCCCCCCCCC(=O)OCCCCCl. The number of ether oxygens (including phenoxy) is 1. The molecule has 0 amide bonds. The zero-order chi connectivity index (χ0) is 13.5. The van der Waals surface area contributed by atoms with Gasteiger partial charge < -0.3 is 4.74 Å². The molecule has 0 bridgehead atoms. The van der Waals surface area contributed by atoms with Gasteiger partial charge in [0.15, 0.2) is 0 Å². The number of hydrogen-bond acceptors (Lipinski definition) is 2. The third kappa shape index (κ3) is 13.6. The number of alkyl halides is 1. The molecular weight excluding hydrogens is 248 g/mol. The lowest BCUT2D eigenvalue weighted by Crippen LogP contribution is -2.05. The minimum absolute atomic E-state index is 0.0590. The van der Waals surface area contributed by atoms with Crippen LogP contribution in [0.4, 0.5) is 0 Å². The van der Waals surface area contributed by atoms with E-state index >= 15 is 0 Å². The highest BCUT2D eigenvalue weighted by atomic mass is 35.5. The number of carbonyl (C=O) groups is 1. The summed E-state index contributed by atoms with van der Waals surface area (Å²) in [7, 11) is 0. The van der Waals surface area contributed by atoms with Crippen molar-refractivity contribution >= 4 is 17.6 Å². The molecule has 0 unspecified atom stereocenters. The van der Waals surface area contributed by atoms with Gasteiger partial charge in [-0.1, -0.05) is 31.8 Å². The van der Waals surface area contributed by atoms with Crippen molar-refractivity contribution in [2.24, 2.45) is 0 Å². The van der Waals surface area contributed by atoms with Crippen LogP contribution in [0.5, 0.6) is 0 Å². The number of esters is 1. The fourth-order valence-electron chi connectivity index (χ4n) is 1.72. The zero-order valence-corrected chi connectivity index (χ0v) is 12.2. The summed E-state index contributed by atoms with van der Waals surface area (Å²) < 4.78 is 5.10. The molecule has 0 aromatic carbocycles. The number of halogens is 1. The Labute approximate surface area is 117 Å². The third-order valence-electron chi connectivity index (χ3n) is 2.83. The predicted molar refractivity (Wildman–Crippen MR) is 78.0 cm³/mol. The smallest absolute Gasteiger partial charge is 0.305 e. The summed E-state index contributed by atoms with van der Waals surface area (Å²) in [6.45, 7) is 4.23. The van der Waals surface area contributed by atoms with E-state index in [-0.39, 0.29) is 5.97 Å². The zero-order valence-electron chi connectivity index (χ0n) is 11.5. The van der Waals surface area contributed by atoms with Gasteiger partial charge in [-0.2, -0.15) is 0 Å². The van der Waals surface area contributed by atoms with E-state index in [9.17, 15) is 4.79 Å². The Kier molecular flexibility index (Phi) is 14.2. The predicted octanol–water partition coefficient (Wildman–Crippen LogP) is 4.86. The Hall–Kier alpha value is -0.500. The summed E-state index contributed by atoms with van der Waals surface area (Å²) in [5, 5.41) is 0. The molecule has 0 rings (SSSR count). The van der Waals surface area contributed by atoms with Crippen LogP contribution in [-0.4, -0.2) is 18.5 Å².